The van der Waals surface area contributed by atoms with E-state index in [1.807, 2.05) is 0 Å². The van der Waals surface area contributed by atoms with Gasteiger partial charge in [0.05, 0.1) is 12.8 Å². The lowest BCUT2D eigenvalue weighted by molar-refractivity contribution is 0.316. The number of hydrogen-bond acceptors (Lipinski definition) is 4. The van der Waals surface area contributed by atoms with Gasteiger partial charge in [-0.2, -0.15) is 0 Å². The number of hydrogen-bond donors (Lipinski definition) is 3. The summed E-state index contributed by atoms with van der Waals surface area (Å²) >= 11 is 5.89. The van der Waals surface area contributed by atoms with Crippen LogP contribution in [-0.4, -0.2) is 24.7 Å². The SMILES string of the molecule is COc1ccc(Cl)cc1NCCCC(N)=NO. The Labute approximate surface area is 105 Å². The quantitative estimate of drug-likeness (QED) is 0.240. The molecule has 0 atom stereocenters. The number of nitrogens with zero attached hydrogens (tertiary/aromatic N) is 1. The average Bonchev–Trinajstić information content (AvgIpc) is 2.34. The number of nitrogens with two attached hydrogens (primary N) is 1. The second kappa shape index (κ2) is 6.85. The van der Waals surface area contributed by atoms with Crippen molar-refractivity contribution in [3.05, 3.63) is 23.2 Å². The van der Waals surface area contributed by atoms with Gasteiger partial charge < -0.3 is 21.0 Å². The summed E-state index contributed by atoms with van der Waals surface area (Å²) in [6.07, 6.45) is 1.29. The molecule has 0 aliphatic carbocycles. The third kappa shape index (κ3) is 4.40. The Balaban J connectivity index is 2.48. The number of oxime groups is 1. The molecule has 0 aliphatic heterocycles. The van der Waals surface area contributed by atoms with Crippen molar-refractivity contribution in [2.24, 2.45) is 10.9 Å². The van der Waals surface area contributed by atoms with E-state index in [4.69, 9.17) is 27.3 Å². The minimum absolute atomic E-state index is 0.227. The Bertz CT molecular complexity index is 396. The minimum atomic E-state index is 0.227. The van der Waals surface area contributed by atoms with Crippen LogP contribution in [0.15, 0.2) is 23.4 Å². The number of amidine groups is 1. The first kappa shape index (κ1) is 13.4. The lowest BCUT2D eigenvalue weighted by atomic mass is 10.2. The first-order valence-electron chi connectivity index (χ1n) is 5.21. The fraction of sp³-hybridized carbons (Fsp3) is 0.364. The van der Waals surface area contributed by atoms with E-state index >= 15 is 0 Å². The zero-order chi connectivity index (χ0) is 12.7. The van der Waals surface area contributed by atoms with E-state index in [1.54, 1.807) is 25.3 Å². The fourth-order valence-electron chi connectivity index (χ4n) is 1.36. The van der Waals surface area contributed by atoms with Crippen LogP contribution in [0.5, 0.6) is 5.75 Å². The van der Waals surface area contributed by atoms with Crippen molar-refractivity contribution in [3.63, 3.8) is 0 Å². The Morgan fingerprint density at radius 3 is 3.00 bits per heavy atom. The summed E-state index contributed by atoms with van der Waals surface area (Å²) < 4.78 is 5.19. The van der Waals surface area contributed by atoms with Gasteiger partial charge in [-0.15, -0.1) is 0 Å². The maximum atomic E-state index is 8.37. The normalized spacial score (nSPS) is 11.3. The van der Waals surface area contributed by atoms with E-state index in [0.29, 0.717) is 18.0 Å². The van der Waals surface area contributed by atoms with Gasteiger partial charge in [0.25, 0.3) is 0 Å². The average molecular weight is 258 g/mol. The van der Waals surface area contributed by atoms with Crippen LogP contribution in [0.3, 0.4) is 0 Å². The van der Waals surface area contributed by atoms with Gasteiger partial charge in [-0.1, -0.05) is 16.8 Å². The molecule has 1 rings (SSSR count). The molecule has 1 aromatic rings. The fourth-order valence-corrected chi connectivity index (χ4v) is 1.53. The van der Waals surface area contributed by atoms with Gasteiger partial charge in [0.1, 0.15) is 11.6 Å². The minimum Gasteiger partial charge on any atom is -0.495 e. The summed E-state index contributed by atoms with van der Waals surface area (Å²) in [5, 5.41) is 15.1. The number of methoxy groups -OCH3 is 1. The van der Waals surface area contributed by atoms with Crippen LogP contribution in [-0.2, 0) is 0 Å². The van der Waals surface area contributed by atoms with Crippen LogP contribution in [0, 0.1) is 0 Å². The number of ether oxygens (including phenoxy) is 1. The first-order chi connectivity index (χ1) is 8.17. The van der Waals surface area contributed by atoms with Crippen molar-refractivity contribution in [2.45, 2.75) is 12.8 Å². The van der Waals surface area contributed by atoms with E-state index in [9.17, 15) is 0 Å². The van der Waals surface area contributed by atoms with E-state index in [2.05, 4.69) is 10.5 Å². The molecule has 0 saturated heterocycles. The second-order valence-electron chi connectivity index (χ2n) is 3.47. The van der Waals surface area contributed by atoms with Crippen molar-refractivity contribution in [3.8, 4) is 5.75 Å². The van der Waals surface area contributed by atoms with Crippen LogP contribution < -0.4 is 15.8 Å². The summed E-state index contributed by atoms with van der Waals surface area (Å²) in [5.74, 6) is 0.961. The molecule has 0 aliphatic rings. The molecule has 0 bridgehead atoms. The van der Waals surface area contributed by atoms with Crippen molar-refractivity contribution < 1.29 is 9.94 Å². The van der Waals surface area contributed by atoms with Crippen LogP contribution in [0.1, 0.15) is 12.8 Å². The molecule has 6 heteroatoms. The maximum Gasteiger partial charge on any atom is 0.142 e. The van der Waals surface area contributed by atoms with Crippen LogP contribution in [0.2, 0.25) is 5.02 Å². The topological polar surface area (TPSA) is 79.9 Å². The Morgan fingerprint density at radius 2 is 2.35 bits per heavy atom. The third-order valence-electron chi connectivity index (χ3n) is 2.22. The van der Waals surface area contributed by atoms with Gasteiger partial charge in [0, 0.05) is 18.0 Å². The van der Waals surface area contributed by atoms with Gasteiger partial charge in [0.15, 0.2) is 0 Å². The lowest BCUT2D eigenvalue weighted by Crippen LogP contribution is -2.13. The smallest absolute Gasteiger partial charge is 0.142 e. The standard InChI is InChI=1S/C11H16ClN3O2/c1-17-10-5-4-8(12)7-9(10)14-6-2-3-11(13)15-16/h4-5,7,14,16H,2-3,6H2,1H3,(H2,13,15). The van der Waals surface area contributed by atoms with Crippen LogP contribution in [0.4, 0.5) is 5.69 Å². The van der Waals surface area contributed by atoms with Gasteiger partial charge in [-0.3, -0.25) is 0 Å². The van der Waals surface area contributed by atoms with E-state index < -0.39 is 0 Å². The number of rotatable bonds is 6. The summed E-state index contributed by atoms with van der Waals surface area (Å²) in [6, 6.07) is 5.36. The molecule has 0 radical (unpaired) electrons. The molecule has 94 valence electrons. The highest BCUT2D eigenvalue weighted by Gasteiger charge is 2.03. The monoisotopic (exact) mass is 257 g/mol. The summed E-state index contributed by atoms with van der Waals surface area (Å²) in [6.45, 7) is 0.687. The maximum absolute atomic E-state index is 8.37. The number of anilines is 1. The van der Waals surface area contributed by atoms with Crippen molar-refractivity contribution in [1.29, 1.82) is 0 Å². The predicted molar refractivity (Wildman–Crippen MR) is 69.1 cm³/mol. The number of benzene rings is 1. The molecule has 0 unspecified atom stereocenters. The molecular weight excluding hydrogens is 242 g/mol. The summed E-state index contributed by atoms with van der Waals surface area (Å²) in [4.78, 5) is 0. The van der Waals surface area contributed by atoms with Crippen LogP contribution in [0.25, 0.3) is 0 Å². The van der Waals surface area contributed by atoms with Crippen molar-refractivity contribution >= 4 is 23.1 Å². The molecule has 0 heterocycles. The van der Waals surface area contributed by atoms with Crippen molar-refractivity contribution in [2.75, 3.05) is 19.0 Å². The highest BCUT2D eigenvalue weighted by molar-refractivity contribution is 6.30. The Hall–Kier alpha value is -1.62. The summed E-state index contributed by atoms with van der Waals surface area (Å²) in [5.41, 5.74) is 6.19. The molecule has 0 aromatic heterocycles. The molecule has 0 fully saturated rings. The number of halogens is 1. The highest BCUT2D eigenvalue weighted by Crippen LogP contribution is 2.27. The van der Waals surface area contributed by atoms with Gasteiger partial charge >= 0.3 is 0 Å². The van der Waals surface area contributed by atoms with Gasteiger partial charge in [-0.25, -0.2) is 0 Å². The van der Waals surface area contributed by atoms with E-state index in [-0.39, 0.29) is 5.84 Å². The molecule has 17 heavy (non-hydrogen) atoms. The molecule has 0 spiro atoms. The van der Waals surface area contributed by atoms with Gasteiger partial charge in [-0.05, 0) is 24.6 Å². The second-order valence-corrected chi connectivity index (χ2v) is 3.90. The zero-order valence-electron chi connectivity index (χ0n) is 9.61. The molecule has 5 nitrogen and oxygen atoms in total. The lowest BCUT2D eigenvalue weighted by Gasteiger charge is -2.11. The zero-order valence-corrected chi connectivity index (χ0v) is 10.4. The largest absolute Gasteiger partial charge is 0.495 e. The van der Waals surface area contributed by atoms with E-state index in [0.717, 1.165) is 17.9 Å². The molecule has 0 saturated carbocycles. The van der Waals surface area contributed by atoms with Crippen molar-refractivity contribution in [1.82, 2.24) is 0 Å². The molecule has 0 amide bonds. The van der Waals surface area contributed by atoms with E-state index in [1.165, 1.54) is 0 Å². The molecule has 4 N–H and O–H groups in total. The van der Waals surface area contributed by atoms with Crippen LogP contribution >= 0.6 is 11.6 Å². The summed E-state index contributed by atoms with van der Waals surface area (Å²) in [7, 11) is 1.60. The third-order valence-corrected chi connectivity index (χ3v) is 2.45. The molecule has 1 aromatic carbocycles. The Morgan fingerprint density at radius 1 is 1.59 bits per heavy atom. The highest BCUT2D eigenvalue weighted by atomic mass is 35.5. The van der Waals surface area contributed by atoms with Gasteiger partial charge in [0.2, 0.25) is 0 Å². The Kier molecular flexibility index (Phi) is 5.42. The first-order valence-corrected chi connectivity index (χ1v) is 5.59. The molecular formula is C11H16ClN3O2. The number of nitrogens with one attached hydrogen (secondary N) is 1. The predicted octanol–water partition coefficient (Wildman–Crippen LogP) is 2.29.